The fraction of sp³-hybridized carbons (Fsp3) is 0.200. The summed E-state index contributed by atoms with van der Waals surface area (Å²) in [6.45, 7) is 1.84. The number of hydrogen-bond donors (Lipinski definition) is 2. The second kappa shape index (κ2) is 7.41. The third-order valence-corrected chi connectivity index (χ3v) is 6.70. The Morgan fingerprint density at radius 3 is 2.07 bits per heavy atom. The first-order valence-electron chi connectivity index (χ1n) is 9.75. The van der Waals surface area contributed by atoms with E-state index in [1.165, 1.54) is 6.07 Å². The molecule has 1 aliphatic carbocycles. The predicted octanol–water partition coefficient (Wildman–Crippen LogP) is 4.46. The van der Waals surface area contributed by atoms with Crippen molar-refractivity contribution in [1.82, 2.24) is 0 Å². The van der Waals surface area contributed by atoms with E-state index in [0.29, 0.717) is 41.5 Å². The number of benzene rings is 3. The van der Waals surface area contributed by atoms with E-state index in [9.17, 15) is 18.1 Å². The van der Waals surface area contributed by atoms with Gasteiger partial charge in [-0.05, 0) is 53.6 Å². The smallest absolute Gasteiger partial charge is 0.294 e. The van der Waals surface area contributed by atoms with Crippen LogP contribution in [-0.2, 0) is 22.1 Å². The Balaban J connectivity index is 1.98. The molecule has 3 aromatic rings. The highest BCUT2D eigenvalue weighted by molar-refractivity contribution is 7.85. The molecule has 0 amide bonds. The van der Waals surface area contributed by atoms with Gasteiger partial charge in [-0.1, -0.05) is 54.6 Å². The van der Waals surface area contributed by atoms with Crippen LogP contribution in [0.1, 0.15) is 40.7 Å². The van der Waals surface area contributed by atoms with E-state index in [0.717, 1.165) is 16.7 Å². The van der Waals surface area contributed by atoms with Crippen LogP contribution < -0.4 is 0 Å². The molecule has 0 aromatic heterocycles. The maximum absolute atomic E-state index is 12.2. The van der Waals surface area contributed by atoms with Crippen molar-refractivity contribution in [1.29, 1.82) is 0 Å². The van der Waals surface area contributed by atoms with Crippen molar-refractivity contribution in [3.05, 3.63) is 88.5 Å². The van der Waals surface area contributed by atoms with E-state index < -0.39 is 15.7 Å². The predicted molar refractivity (Wildman–Crippen MR) is 117 cm³/mol. The first-order chi connectivity index (χ1) is 14.3. The van der Waals surface area contributed by atoms with Gasteiger partial charge in [0.05, 0.1) is 4.90 Å². The summed E-state index contributed by atoms with van der Waals surface area (Å²) in [5, 5.41) is 12.0. The minimum Gasteiger partial charge on any atom is -0.376 e. The van der Waals surface area contributed by atoms with Gasteiger partial charge in [-0.25, -0.2) is 0 Å². The second-order valence-electron chi connectivity index (χ2n) is 7.61. The molecule has 0 saturated heterocycles. The Morgan fingerprint density at radius 1 is 0.967 bits per heavy atom. The lowest BCUT2D eigenvalue weighted by Gasteiger charge is -2.29. The number of fused-ring (bicyclic) bond motifs is 3. The van der Waals surface area contributed by atoms with Gasteiger partial charge < -0.3 is 5.11 Å². The zero-order valence-electron chi connectivity index (χ0n) is 16.6. The van der Waals surface area contributed by atoms with Crippen LogP contribution in [0, 0.1) is 19.3 Å². The quantitative estimate of drug-likeness (QED) is 0.364. The standard InChI is InChI=1S/C25H22O4S/c1-3-4-5-10-18-15-17(2)23(16-24(18)30(27,28)29)25(26)21-13-8-6-11-19(21)20-12-7-9-14-22(20)25/h1,6-9,11-16,26H,4-5,10H2,2H3,(H,27,28,29). The maximum atomic E-state index is 12.2. The van der Waals surface area contributed by atoms with Gasteiger partial charge in [-0.2, -0.15) is 8.42 Å². The molecule has 0 radical (unpaired) electrons. The number of rotatable bonds is 5. The first-order valence-corrected chi connectivity index (χ1v) is 11.2. The molecule has 0 atom stereocenters. The second-order valence-corrected chi connectivity index (χ2v) is 9.00. The van der Waals surface area contributed by atoms with Crippen molar-refractivity contribution in [2.75, 3.05) is 0 Å². The molecule has 2 N–H and O–H groups in total. The largest absolute Gasteiger partial charge is 0.376 e. The van der Waals surface area contributed by atoms with Crippen LogP contribution in [0.5, 0.6) is 0 Å². The fourth-order valence-corrected chi connectivity index (χ4v) is 5.22. The molecule has 0 bridgehead atoms. The molecule has 0 heterocycles. The lowest BCUT2D eigenvalue weighted by Crippen LogP contribution is -2.28. The third kappa shape index (κ3) is 3.14. The summed E-state index contributed by atoms with van der Waals surface area (Å²) in [6, 6.07) is 18.2. The summed E-state index contributed by atoms with van der Waals surface area (Å²) in [5.41, 5.74) is 3.35. The average molecular weight is 419 g/mol. The van der Waals surface area contributed by atoms with E-state index in [-0.39, 0.29) is 4.90 Å². The molecule has 0 saturated carbocycles. The van der Waals surface area contributed by atoms with Gasteiger partial charge in [0.25, 0.3) is 10.1 Å². The van der Waals surface area contributed by atoms with Crippen molar-refractivity contribution in [3.8, 4) is 23.5 Å². The molecule has 0 fully saturated rings. The number of unbranched alkanes of at least 4 members (excludes halogenated alkanes) is 1. The fourth-order valence-electron chi connectivity index (χ4n) is 4.46. The van der Waals surface area contributed by atoms with Gasteiger partial charge in [-0.15, -0.1) is 12.3 Å². The molecular weight excluding hydrogens is 396 g/mol. The molecule has 0 unspecified atom stereocenters. The van der Waals surface area contributed by atoms with Crippen molar-refractivity contribution in [3.63, 3.8) is 0 Å². The van der Waals surface area contributed by atoms with Gasteiger partial charge in [0, 0.05) is 17.5 Å². The van der Waals surface area contributed by atoms with Crippen molar-refractivity contribution in [2.45, 2.75) is 36.7 Å². The molecule has 0 aliphatic heterocycles. The Labute approximate surface area is 177 Å². The van der Waals surface area contributed by atoms with Crippen LogP contribution in [-0.4, -0.2) is 18.1 Å². The zero-order valence-corrected chi connectivity index (χ0v) is 17.4. The summed E-state index contributed by atoms with van der Waals surface area (Å²) in [6.07, 6.45) is 6.85. The average Bonchev–Trinajstić information content (AvgIpc) is 2.98. The summed E-state index contributed by atoms with van der Waals surface area (Å²) < 4.78 is 34.3. The van der Waals surface area contributed by atoms with E-state index in [1.807, 2.05) is 55.5 Å². The van der Waals surface area contributed by atoms with Crippen molar-refractivity contribution >= 4 is 10.1 Å². The van der Waals surface area contributed by atoms with Crippen LogP contribution in [0.3, 0.4) is 0 Å². The summed E-state index contributed by atoms with van der Waals surface area (Å²) in [7, 11) is -4.48. The molecule has 5 heteroatoms. The SMILES string of the molecule is C#CCCCc1cc(C)c(C2(O)c3ccccc3-c3ccccc32)cc1S(=O)(=O)O. The summed E-state index contributed by atoms with van der Waals surface area (Å²) >= 11 is 0. The molecule has 30 heavy (non-hydrogen) atoms. The number of terminal acetylenes is 1. The molecular formula is C25H22O4S. The lowest BCUT2D eigenvalue weighted by molar-refractivity contribution is 0.129. The highest BCUT2D eigenvalue weighted by atomic mass is 32.2. The first kappa shape index (κ1) is 20.4. The van der Waals surface area contributed by atoms with Crippen LogP contribution >= 0.6 is 0 Å². The minimum absolute atomic E-state index is 0.185. The Kier molecular flexibility index (Phi) is 5.03. The van der Waals surface area contributed by atoms with Gasteiger partial charge in [0.1, 0.15) is 5.60 Å². The molecule has 4 nitrogen and oxygen atoms in total. The number of hydrogen-bond acceptors (Lipinski definition) is 3. The Bertz CT molecular complexity index is 1240. The summed E-state index contributed by atoms with van der Waals surface area (Å²) in [5.74, 6) is 2.54. The lowest BCUT2D eigenvalue weighted by atomic mass is 9.81. The van der Waals surface area contributed by atoms with Gasteiger partial charge in [0.15, 0.2) is 0 Å². The molecule has 152 valence electrons. The normalized spacial score (nSPS) is 14.1. The van der Waals surface area contributed by atoms with Crippen LogP contribution in [0.2, 0.25) is 0 Å². The monoisotopic (exact) mass is 418 g/mol. The third-order valence-electron chi connectivity index (χ3n) is 5.77. The summed E-state index contributed by atoms with van der Waals surface area (Å²) in [4.78, 5) is -0.185. The highest BCUT2D eigenvalue weighted by Crippen LogP contribution is 2.51. The van der Waals surface area contributed by atoms with E-state index in [2.05, 4.69) is 5.92 Å². The van der Waals surface area contributed by atoms with Crippen molar-refractivity contribution < 1.29 is 18.1 Å². The molecule has 3 aromatic carbocycles. The zero-order chi connectivity index (χ0) is 21.5. The molecule has 0 spiro atoms. The van der Waals surface area contributed by atoms with Gasteiger partial charge >= 0.3 is 0 Å². The van der Waals surface area contributed by atoms with Crippen LogP contribution in [0.15, 0.2) is 65.6 Å². The van der Waals surface area contributed by atoms with Crippen LogP contribution in [0.4, 0.5) is 0 Å². The van der Waals surface area contributed by atoms with E-state index >= 15 is 0 Å². The number of aryl methyl sites for hydroxylation is 2. The van der Waals surface area contributed by atoms with E-state index in [1.54, 1.807) is 6.07 Å². The van der Waals surface area contributed by atoms with Crippen LogP contribution in [0.25, 0.3) is 11.1 Å². The molecule has 1 aliphatic rings. The topological polar surface area (TPSA) is 74.6 Å². The van der Waals surface area contributed by atoms with Gasteiger partial charge in [-0.3, -0.25) is 4.55 Å². The minimum atomic E-state index is -4.48. The maximum Gasteiger partial charge on any atom is 0.294 e. The van der Waals surface area contributed by atoms with Crippen molar-refractivity contribution in [2.24, 2.45) is 0 Å². The number of aliphatic hydroxyl groups is 1. The Hall–Kier alpha value is -2.91. The van der Waals surface area contributed by atoms with E-state index in [4.69, 9.17) is 6.42 Å². The van der Waals surface area contributed by atoms with Gasteiger partial charge in [0.2, 0.25) is 0 Å². The highest BCUT2D eigenvalue weighted by Gasteiger charge is 2.44. The Morgan fingerprint density at radius 2 is 1.53 bits per heavy atom. The molecule has 4 rings (SSSR count).